The number of pyridine rings is 1. The van der Waals surface area contributed by atoms with Crippen LogP contribution >= 0.6 is 0 Å². The average molecular weight is 451 g/mol. The van der Waals surface area contributed by atoms with Crippen molar-refractivity contribution in [3.05, 3.63) is 88.9 Å². The predicted octanol–water partition coefficient (Wildman–Crippen LogP) is 2.98. The van der Waals surface area contributed by atoms with Crippen molar-refractivity contribution in [1.29, 1.82) is 0 Å². The molecular weight excluding hydrogens is 430 g/mol. The van der Waals surface area contributed by atoms with Crippen LogP contribution in [0.3, 0.4) is 0 Å². The summed E-state index contributed by atoms with van der Waals surface area (Å²) in [6, 6.07) is 10.9. The first-order valence-corrected chi connectivity index (χ1v) is 11.1. The normalized spacial score (nSPS) is 13.4. The Morgan fingerprint density at radius 2 is 1.71 bits per heavy atom. The quantitative estimate of drug-likeness (QED) is 0.381. The first kappa shape index (κ1) is 20.2. The van der Waals surface area contributed by atoms with Crippen molar-refractivity contribution in [1.82, 2.24) is 34.0 Å². The number of nitrogens with zero attached hydrogens (tertiary/aromatic N) is 7. The highest BCUT2D eigenvalue weighted by molar-refractivity contribution is 6.21. The summed E-state index contributed by atoms with van der Waals surface area (Å²) in [5.41, 5.74) is 5.74. The van der Waals surface area contributed by atoms with Crippen molar-refractivity contribution >= 4 is 28.5 Å². The SMILES string of the molecule is Cc1c(C)n(Cc2cccnc2)c2ncn3nc(CCN4C(=O)c5ccccc5C4=O)nc3c12. The second-order valence-corrected chi connectivity index (χ2v) is 8.45. The van der Waals surface area contributed by atoms with E-state index in [0.717, 1.165) is 27.9 Å². The third-order valence-electron chi connectivity index (χ3n) is 6.49. The van der Waals surface area contributed by atoms with Gasteiger partial charge in [0, 0.05) is 31.1 Å². The minimum absolute atomic E-state index is 0.222. The lowest BCUT2D eigenvalue weighted by atomic mass is 10.1. The number of carbonyl (C=O) groups is 2. The van der Waals surface area contributed by atoms with Crippen LogP contribution in [0.25, 0.3) is 16.7 Å². The van der Waals surface area contributed by atoms with E-state index in [2.05, 4.69) is 33.5 Å². The van der Waals surface area contributed by atoms with Gasteiger partial charge >= 0.3 is 0 Å². The number of amides is 2. The van der Waals surface area contributed by atoms with E-state index in [1.807, 2.05) is 18.3 Å². The van der Waals surface area contributed by atoms with Gasteiger partial charge in [-0.2, -0.15) is 0 Å². The van der Waals surface area contributed by atoms with Gasteiger partial charge < -0.3 is 4.57 Å². The lowest BCUT2D eigenvalue weighted by Gasteiger charge is -2.11. The summed E-state index contributed by atoms with van der Waals surface area (Å²) in [5.74, 6) is 0.0163. The van der Waals surface area contributed by atoms with Gasteiger partial charge in [0.05, 0.1) is 23.1 Å². The lowest BCUT2D eigenvalue weighted by Crippen LogP contribution is -2.31. The Labute approximate surface area is 194 Å². The van der Waals surface area contributed by atoms with Gasteiger partial charge in [-0.15, -0.1) is 5.10 Å². The van der Waals surface area contributed by atoms with Gasteiger partial charge in [0.1, 0.15) is 12.0 Å². The van der Waals surface area contributed by atoms with Crippen molar-refractivity contribution in [2.24, 2.45) is 0 Å². The molecule has 9 heteroatoms. The summed E-state index contributed by atoms with van der Waals surface area (Å²) >= 11 is 0. The number of hydrogen-bond acceptors (Lipinski definition) is 6. The van der Waals surface area contributed by atoms with E-state index in [1.165, 1.54) is 4.90 Å². The van der Waals surface area contributed by atoms with Crippen LogP contribution in [0, 0.1) is 13.8 Å². The zero-order valence-corrected chi connectivity index (χ0v) is 18.8. The Morgan fingerprint density at radius 3 is 2.41 bits per heavy atom. The fourth-order valence-corrected chi connectivity index (χ4v) is 4.60. The molecule has 0 fully saturated rings. The predicted molar refractivity (Wildman–Crippen MR) is 125 cm³/mol. The number of aromatic nitrogens is 6. The maximum Gasteiger partial charge on any atom is 0.261 e. The molecule has 9 nitrogen and oxygen atoms in total. The third kappa shape index (κ3) is 3.01. The number of benzene rings is 1. The lowest BCUT2D eigenvalue weighted by molar-refractivity contribution is 0.0655. The second-order valence-electron chi connectivity index (χ2n) is 8.45. The Morgan fingerprint density at radius 1 is 0.941 bits per heavy atom. The molecule has 0 aliphatic carbocycles. The summed E-state index contributed by atoms with van der Waals surface area (Å²) in [6.07, 6.45) is 5.64. The van der Waals surface area contributed by atoms with Crippen LogP contribution in [0.15, 0.2) is 55.1 Å². The van der Waals surface area contributed by atoms with Crippen molar-refractivity contribution in [3.63, 3.8) is 0 Å². The first-order valence-electron chi connectivity index (χ1n) is 11.1. The molecule has 0 saturated heterocycles. The maximum absolute atomic E-state index is 12.7. The first-order chi connectivity index (χ1) is 16.5. The van der Waals surface area contributed by atoms with Crippen molar-refractivity contribution in [3.8, 4) is 0 Å². The number of imide groups is 1. The number of rotatable bonds is 5. The fourth-order valence-electron chi connectivity index (χ4n) is 4.60. The Bertz CT molecular complexity index is 1570. The van der Waals surface area contributed by atoms with Gasteiger partial charge in [0.2, 0.25) is 0 Å². The highest BCUT2D eigenvalue weighted by Crippen LogP contribution is 2.28. The van der Waals surface area contributed by atoms with E-state index in [4.69, 9.17) is 4.98 Å². The van der Waals surface area contributed by atoms with Gasteiger partial charge in [-0.25, -0.2) is 14.5 Å². The molecule has 5 aromatic rings. The van der Waals surface area contributed by atoms with E-state index >= 15 is 0 Å². The molecule has 0 spiro atoms. The molecule has 0 bridgehead atoms. The zero-order chi connectivity index (χ0) is 23.4. The highest BCUT2D eigenvalue weighted by atomic mass is 16.2. The molecule has 0 saturated carbocycles. The molecule has 34 heavy (non-hydrogen) atoms. The smallest absolute Gasteiger partial charge is 0.261 e. The molecule has 0 atom stereocenters. The minimum Gasteiger partial charge on any atom is -0.325 e. The van der Waals surface area contributed by atoms with E-state index in [1.54, 1.807) is 41.3 Å². The molecule has 168 valence electrons. The topological polar surface area (TPSA) is 98.3 Å². The molecule has 0 radical (unpaired) electrons. The molecule has 0 N–H and O–H groups in total. The van der Waals surface area contributed by atoms with Crippen LogP contribution < -0.4 is 0 Å². The number of carbonyl (C=O) groups excluding carboxylic acids is 2. The summed E-state index contributed by atoms with van der Waals surface area (Å²) in [6.45, 7) is 5.02. The largest absolute Gasteiger partial charge is 0.325 e. The van der Waals surface area contributed by atoms with Gasteiger partial charge in [0.15, 0.2) is 11.5 Å². The molecule has 1 aromatic carbocycles. The maximum atomic E-state index is 12.7. The Balaban J connectivity index is 1.32. The fraction of sp³-hybridized carbons (Fsp3) is 0.200. The van der Waals surface area contributed by atoms with Gasteiger partial charge in [-0.1, -0.05) is 18.2 Å². The third-order valence-corrected chi connectivity index (χ3v) is 6.49. The summed E-state index contributed by atoms with van der Waals surface area (Å²) in [4.78, 5) is 40.2. The molecule has 4 aromatic heterocycles. The van der Waals surface area contributed by atoms with Crippen LogP contribution in [-0.2, 0) is 13.0 Å². The van der Waals surface area contributed by atoms with Gasteiger partial charge in [0.25, 0.3) is 11.8 Å². The second kappa shape index (κ2) is 7.58. The van der Waals surface area contributed by atoms with E-state index in [-0.39, 0.29) is 18.4 Å². The Hall–Kier alpha value is -4.40. The molecule has 2 amide bonds. The molecular formula is C25H21N7O2. The zero-order valence-electron chi connectivity index (χ0n) is 18.8. The minimum atomic E-state index is -0.271. The van der Waals surface area contributed by atoms with Crippen molar-refractivity contribution in [2.45, 2.75) is 26.8 Å². The molecule has 0 unspecified atom stereocenters. The summed E-state index contributed by atoms with van der Waals surface area (Å²) < 4.78 is 3.83. The van der Waals surface area contributed by atoms with Crippen LogP contribution in [0.2, 0.25) is 0 Å². The van der Waals surface area contributed by atoms with E-state index in [0.29, 0.717) is 35.6 Å². The molecule has 5 heterocycles. The summed E-state index contributed by atoms with van der Waals surface area (Å²) in [7, 11) is 0. The highest BCUT2D eigenvalue weighted by Gasteiger charge is 2.34. The summed E-state index contributed by atoms with van der Waals surface area (Å²) in [5, 5.41) is 5.51. The molecule has 6 rings (SSSR count). The van der Waals surface area contributed by atoms with Gasteiger partial charge in [-0.3, -0.25) is 19.5 Å². The van der Waals surface area contributed by atoms with Gasteiger partial charge in [-0.05, 0) is 43.2 Å². The van der Waals surface area contributed by atoms with Crippen molar-refractivity contribution in [2.75, 3.05) is 6.54 Å². The standard InChI is InChI=1S/C25H21N7O2/c1-15-16(2)31(13-17-6-5-10-26-12-17)22-21(15)23-28-20(29-32(23)14-27-22)9-11-30-24(33)18-7-3-4-8-19(18)25(30)34/h3-8,10,12,14H,9,11,13H2,1-2H3. The van der Waals surface area contributed by atoms with Crippen LogP contribution in [0.5, 0.6) is 0 Å². The monoisotopic (exact) mass is 451 g/mol. The average Bonchev–Trinajstić information content (AvgIpc) is 3.46. The van der Waals surface area contributed by atoms with Crippen LogP contribution in [0.4, 0.5) is 0 Å². The number of fused-ring (bicyclic) bond motifs is 4. The number of hydrogen-bond donors (Lipinski definition) is 0. The van der Waals surface area contributed by atoms with Crippen LogP contribution in [0.1, 0.15) is 43.4 Å². The molecule has 1 aliphatic rings. The van der Waals surface area contributed by atoms with E-state index < -0.39 is 0 Å². The number of aryl methyl sites for hydroxylation is 1. The van der Waals surface area contributed by atoms with Crippen LogP contribution in [-0.4, -0.2) is 52.4 Å². The van der Waals surface area contributed by atoms with E-state index in [9.17, 15) is 9.59 Å². The Kier molecular flexibility index (Phi) is 4.51. The van der Waals surface area contributed by atoms with Crippen molar-refractivity contribution < 1.29 is 9.59 Å². The molecule has 1 aliphatic heterocycles.